The zero-order valence-electron chi connectivity index (χ0n) is 12.0. The zero-order valence-corrected chi connectivity index (χ0v) is 12.8. The fourth-order valence-corrected chi connectivity index (χ4v) is 4.31. The van der Waals surface area contributed by atoms with Gasteiger partial charge in [-0.1, -0.05) is 30.3 Å². The zero-order chi connectivity index (χ0) is 14.2. The van der Waals surface area contributed by atoms with E-state index in [1.807, 2.05) is 18.7 Å². The van der Waals surface area contributed by atoms with Gasteiger partial charge in [0.1, 0.15) is 5.75 Å². The van der Waals surface area contributed by atoms with Crippen LogP contribution in [0.1, 0.15) is 19.8 Å². The predicted molar refractivity (Wildman–Crippen MR) is 83.7 cm³/mol. The first-order valence-electron chi connectivity index (χ1n) is 7.47. The van der Waals surface area contributed by atoms with Gasteiger partial charge in [0.05, 0.1) is 10.1 Å². The highest BCUT2D eigenvalue weighted by molar-refractivity contribution is 8.00. The molecule has 0 bridgehead atoms. The van der Waals surface area contributed by atoms with E-state index >= 15 is 0 Å². The molecule has 0 aliphatic carbocycles. The molecule has 2 aliphatic rings. The van der Waals surface area contributed by atoms with Crippen LogP contribution < -0.4 is 4.74 Å². The van der Waals surface area contributed by atoms with Crippen molar-refractivity contribution in [2.45, 2.75) is 42.5 Å². The van der Waals surface area contributed by atoms with Gasteiger partial charge in [-0.3, -0.25) is 0 Å². The monoisotopic (exact) mass is 302 g/mol. The molecule has 2 aromatic carbocycles. The van der Waals surface area contributed by atoms with Gasteiger partial charge >= 0.3 is 0 Å². The molecule has 3 atom stereocenters. The number of fused-ring (bicyclic) bond motifs is 4. The van der Waals surface area contributed by atoms with Crippen molar-refractivity contribution in [3.63, 3.8) is 0 Å². The van der Waals surface area contributed by atoms with Gasteiger partial charge in [-0.05, 0) is 36.6 Å². The van der Waals surface area contributed by atoms with Crippen LogP contribution in [-0.2, 0) is 9.47 Å². The van der Waals surface area contributed by atoms with Crippen LogP contribution >= 0.6 is 11.8 Å². The van der Waals surface area contributed by atoms with Crippen LogP contribution in [0.25, 0.3) is 10.8 Å². The van der Waals surface area contributed by atoms with E-state index in [-0.39, 0.29) is 12.6 Å². The van der Waals surface area contributed by atoms with Gasteiger partial charge in [0, 0.05) is 6.61 Å². The van der Waals surface area contributed by atoms with Crippen LogP contribution in [0, 0.1) is 0 Å². The third-order valence-electron chi connectivity index (χ3n) is 3.98. The molecule has 0 aromatic heterocycles. The third kappa shape index (κ3) is 2.41. The molecule has 4 rings (SSSR count). The number of hydrogen-bond donors (Lipinski definition) is 0. The summed E-state index contributed by atoms with van der Waals surface area (Å²) in [6.45, 7) is 2.67. The number of hydrogen-bond acceptors (Lipinski definition) is 4. The smallest absolute Gasteiger partial charge is 0.214 e. The summed E-state index contributed by atoms with van der Waals surface area (Å²) in [4.78, 5) is 1.24. The highest BCUT2D eigenvalue weighted by atomic mass is 32.2. The molecule has 0 saturated carbocycles. The van der Waals surface area contributed by atoms with Crippen LogP contribution in [0.2, 0.25) is 0 Å². The number of ether oxygens (including phenoxy) is 3. The minimum Gasteiger partial charge on any atom is -0.462 e. The average molecular weight is 302 g/mol. The lowest BCUT2D eigenvalue weighted by atomic mass is 10.1. The second kappa shape index (κ2) is 5.52. The molecular weight excluding hydrogens is 284 g/mol. The van der Waals surface area contributed by atoms with Crippen molar-refractivity contribution >= 4 is 22.5 Å². The summed E-state index contributed by atoms with van der Waals surface area (Å²) in [6, 6.07) is 12.6. The molecule has 3 nitrogen and oxygen atoms in total. The molecule has 0 radical (unpaired) electrons. The van der Waals surface area contributed by atoms with E-state index in [1.165, 1.54) is 15.7 Å². The van der Waals surface area contributed by atoms with Gasteiger partial charge in [-0.2, -0.15) is 0 Å². The van der Waals surface area contributed by atoms with Gasteiger partial charge in [-0.25, -0.2) is 0 Å². The highest BCUT2D eigenvalue weighted by Crippen LogP contribution is 2.47. The lowest BCUT2D eigenvalue weighted by Gasteiger charge is -2.39. The summed E-state index contributed by atoms with van der Waals surface area (Å²) >= 11 is 1.88. The first-order chi connectivity index (χ1) is 10.3. The minimum absolute atomic E-state index is 0.126. The van der Waals surface area contributed by atoms with Crippen molar-refractivity contribution in [3.05, 3.63) is 36.4 Å². The standard InChI is InChI=1S/C17H18O3S/c1-2-18-15-10-9-14-17(20-15)19-13-8-7-11-5-3-4-6-12(11)16(13)21-14/h3-8,14-15,17H,2,9-10H2,1H3/t14-,15+,17+/m1/s1. The van der Waals surface area contributed by atoms with Crippen LogP contribution in [0.15, 0.2) is 41.3 Å². The second-order valence-corrected chi connectivity index (χ2v) is 6.60. The van der Waals surface area contributed by atoms with E-state index in [0.717, 1.165) is 18.6 Å². The van der Waals surface area contributed by atoms with Gasteiger partial charge < -0.3 is 14.2 Å². The Morgan fingerprint density at radius 2 is 2.10 bits per heavy atom. The Morgan fingerprint density at radius 1 is 1.19 bits per heavy atom. The summed E-state index contributed by atoms with van der Waals surface area (Å²) in [7, 11) is 0. The minimum atomic E-state index is -0.200. The fourth-order valence-electron chi connectivity index (χ4n) is 2.98. The maximum atomic E-state index is 6.10. The molecule has 2 aromatic rings. The van der Waals surface area contributed by atoms with Crippen molar-refractivity contribution in [2.75, 3.05) is 6.61 Å². The Bertz CT molecular complexity index is 658. The largest absolute Gasteiger partial charge is 0.462 e. The molecule has 0 spiro atoms. The molecule has 2 aliphatic heterocycles. The molecular formula is C17H18O3S. The Balaban J connectivity index is 1.66. The van der Waals surface area contributed by atoms with Crippen LogP contribution in [0.5, 0.6) is 5.75 Å². The van der Waals surface area contributed by atoms with Gasteiger partial charge in [-0.15, -0.1) is 11.8 Å². The number of rotatable bonds is 2. The van der Waals surface area contributed by atoms with Crippen molar-refractivity contribution in [1.82, 2.24) is 0 Å². The molecule has 0 amide bonds. The number of benzene rings is 2. The first-order valence-corrected chi connectivity index (χ1v) is 8.35. The fraction of sp³-hybridized carbons (Fsp3) is 0.412. The van der Waals surface area contributed by atoms with E-state index < -0.39 is 0 Å². The van der Waals surface area contributed by atoms with Crippen molar-refractivity contribution in [1.29, 1.82) is 0 Å². The molecule has 110 valence electrons. The summed E-state index contributed by atoms with van der Waals surface area (Å²) in [5, 5.41) is 2.88. The lowest BCUT2D eigenvalue weighted by Crippen LogP contribution is -2.43. The maximum Gasteiger partial charge on any atom is 0.214 e. The van der Waals surface area contributed by atoms with E-state index in [4.69, 9.17) is 14.2 Å². The number of thioether (sulfide) groups is 1. The summed E-state index contributed by atoms with van der Waals surface area (Å²) in [5.41, 5.74) is 0. The average Bonchev–Trinajstić information content (AvgIpc) is 2.53. The predicted octanol–water partition coefficient (Wildman–Crippen LogP) is 4.19. The van der Waals surface area contributed by atoms with Crippen LogP contribution in [-0.4, -0.2) is 24.4 Å². The van der Waals surface area contributed by atoms with E-state index in [0.29, 0.717) is 11.9 Å². The summed E-state index contributed by atoms with van der Waals surface area (Å²) < 4.78 is 17.6. The normalized spacial score (nSPS) is 27.8. The quantitative estimate of drug-likeness (QED) is 0.831. The van der Waals surface area contributed by atoms with Gasteiger partial charge in [0.25, 0.3) is 0 Å². The second-order valence-electron chi connectivity index (χ2n) is 5.35. The van der Waals surface area contributed by atoms with Crippen molar-refractivity contribution < 1.29 is 14.2 Å². The topological polar surface area (TPSA) is 27.7 Å². The van der Waals surface area contributed by atoms with Crippen LogP contribution in [0.3, 0.4) is 0 Å². The van der Waals surface area contributed by atoms with E-state index in [1.54, 1.807) is 0 Å². The Kier molecular flexibility index (Phi) is 3.53. The molecule has 0 N–H and O–H groups in total. The van der Waals surface area contributed by atoms with Crippen molar-refractivity contribution in [2.24, 2.45) is 0 Å². The van der Waals surface area contributed by atoms with Crippen LogP contribution in [0.4, 0.5) is 0 Å². The first kappa shape index (κ1) is 13.4. The van der Waals surface area contributed by atoms with E-state index in [9.17, 15) is 0 Å². The molecule has 1 saturated heterocycles. The summed E-state index contributed by atoms with van der Waals surface area (Å²) in [5.74, 6) is 0.928. The third-order valence-corrected chi connectivity index (χ3v) is 5.40. The lowest BCUT2D eigenvalue weighted by molar-refractivity contribution is -0.238. The molecule has 2 heterocycles. The van der Waals surface area contributed by atoms with E-state index in [2.05, 4.69) is 36.4 Å². The maximum absolute atomic E-state index is 6.10. The Labute approximate surface area is 128 Å². The molecule has 4 heteroatoms. The van der Waals surface area contributed by atoms with Gasteiger partial charge in [0.2, 0.25) is 6.29 Å². The Morgan fingerprint density at radius 3 is 3.00 bits per heavy atom. The Hall–Kier alpha value is -1.23. The molecule has 21 heavy (non-hydrogen) atoms. The molecule has 1 fully saturated rings. The SMILES string of the molecule is CCO[C@@H]1CC[C@H]2Sc3c(ccc4ccccc34)O[C@H]2O1. The summed E-state index contributed by atoms with van der Waals surface area (Å²) in [6.07, 6.45) is 1.67. The highest BCUT2D eigenvalue weighted by Gasteiger charge is 2.38. The van der Waals surface area contributed by atoms with Crippen molar-refractivity contribution in [3.8, 4) is 5.75 Å². The van der Waals surface area contributed by atoms with Gasteiger partial charge in [0.15, 0.2) is 6.29 Å². The molecule has 0 unspecified atom stereocenters.